The lowest BCUT2D eigenvalue weighted by atomic mass is 10.0. The zero-order chi connectivity index (χ0) is 18.9. The Kier molecular flexibility index (Phi) is 9.62. The fourth-order valence-electron chi connectivity index (χ4n) is 2.61. The van der Waals surface area contributed by atoms with Crippen LogP contribution < -0.4 is 10.1 Å². The maximum atomic E-state index is 12.4. The van der Waals surface area contributed by atoms with Gasteiger partial charge in [-0.15, -0.1) is 12.4 Å². The Morgan fingerprint density at radius 1 is 1.11 bits per heavy atom. The third-order valence-corrected chi connectivity index (χ3v) is 4.20. The molecule has 0 aliphatic rings. The maximum absolute atomic E-state index is 12.4. The molecule has 0 saturated carbocycles. The number of hydrogen-bond donors (Lipinski definition) is 1. The highest BCUT2D eigenvalue weighted by atomic mass is 35.5. The second-order valence-electron chi connectivity index (χ2n) is 6.67. The van der Waals surface area contributed by atoms with Crippen LogP contribution in [-0.4, -0.2) is 38.6 Å². The average Bonchev–Trinajstić information content (AvgIpc) is 2.64. The first-order valence-electron chi connectivity index (χ1n) is 8.82. The molecule has 0 aromatic heterocycles. The van der Waals surface area contributed by atoms with Gasteiger partial charge >= 0.3 is 0 Å². The summed E-state index contributed by atoms with van der Waals surface area (Å²) < 4.78 is 5.14. The van der Waals surface area contributed by atoms with Crippen LogP contribution in [0.5, 0.6) is 5.75 Å². The normalized spacial score (nSPS) is 11.9. The Hall–Kier alpha value is -2.30. The molecule has 0 aliphatic heterocycles. The molecule has 5 heteroatoms. The van der Waals surface area contributed by atoms with Crippen molar-refractivity contribution in [1.29, 1.82) is 0 Å². The third-order valence-electron chi connectivity index (χ3n) is 4.20. The molecule has 1 atom stereocenters. The van der Waals surface area contributed by atoms with E-state index in [1.807, 2.05) is 44.4 Å². The summed E-state index contributed by atoms with van der Waals surface area (Å²) in [5, 5.41) is 3.12. The van der Waals surface area contributed by atoms with E-state index in [2.05, 4.69) is 41.4 Å². The number of nitrogens with one attached hydrogen (secondary N) is 1. The van der Waals surface area contributed by atoms with Crippen molar-refractivity contribution in [3.63, 3.8) is 0 Å². The molecule has 1 N–H and O–H groups in total. The molecule has 4 nitrogen and oxygen atoms in total. The van der Waals surface area contributed by atoms with Crippen molar-refractivity contribution in [3.05, 3.63) is 71.3 Å². The van der Waals surface area contributed by atoms with Crippen molar-refractivity contribution < 1.29 is 9.53 Å². The molecule has 0 bridgehead atoms. The Labute approximate surface area is 168 Å². The molecular formula is C22H29ClN2O2. The van der Waals surface area contributed by atoms with E-state index in [-0.39, 0.29) is 24.4 Å². The van der Waals surface area contributed by atoms with E-state index >= 15 is 0 Å². The lowest BCUT2D eigenvalue weighted by Crippen LogP contribution is -2.29. The van der Waals surface area contributed by atoms with E-state index < -0.39 is 0 Å². The SMILES string of the molecule is COc1ccc(C=CC(=O)NC(CCN(C)C)c2ccc(C)cc2)cc1.Cl. The van der Waals surface area contributed by atoms with Crippen LogP contribution in [0.25, 0.3) is 6.08 Å². The number of nitrogens with zero attached hydrogens (tertiary/aromatic N) is 1. The second-order valence-corrected chi connectivity index (χ2v) is 6.67. The van der Waals surface area contributed by atoms with Crippen molar-refractivity contribution in [2.24, 2.45) is 0 Å². The average molecular weight is 389 g/mol. The first-order chi connectivity index (χ1) is 12.5. The lowest BCUT2D eigenvalue weighted by molar-refractivity contribution is -0.117. The van der Waals surface area contributed by atoms with E-state index in [1.165, 1.54) is 5.56 Å². The van der Waals surface area contributed by atoms with Crippen LogP contribution in [-0.2, 0) is 4.79 Å². The number of carbonyl (C=O) groups excluding carboxylic acids is 1. The molecule has 1 amide bonds. The van der Waals surface area contributed by atoms with Gasteiger partial charge in [0.05, 0.1) is 13.2 Å². The molecule has 0 radical (unpaired) electrons. The number of benzene rings is 2. The van der Waals surface area contributed by atoms with Gasteiger partial charge in [0.2, 0.25) is 5.91 Å². The Bertz CT molecular complexity index is 725. The Morgan fingerprint density at radius 3 is 2.30 bits per heavy atom. The summed E-state index contributed by atoms with van der Waals surface area (Å²) in [5.74, 6) is 0.708. The minimum absolute atomic E-state index is 0. The zero-order valence-electron chi connectivity index (χ0n) is 16.4. The number of ether oxygens (including phenoxy) is 1. The molecule has 2 aromatic rings. The molecule has 0 spiro atoms. The highest BCUT2D eigenvalue weighted by molar-refractivity contribution is 5.92. The number of amides is 1. The van der Waals surface area contributed by atoms with Crippen molar-refractivity contribution in [2.75, 3.05) is 27.7 Å². The quantitative estimate of drug-likeness (QED) is 0.687. The molecule has 27 heavy (non-hydrogen) atoms. The summed E-state index contributed by atoms with van der Waals surface area (Å²) in [6.45, 7) is 2.97. The number of hydrogen-bond acceptors (Lipinski definition) is 3. The Balaban J connectivity index is 0.00000364. The second kappa shape index (κ2) is 11.4. The first-order valence-corrected chi connectivity index (χ1v) is 8.82. The third kappa shape index (κ3) is 7.85. The summed E-state index contributed by atoms with van der Waals surface area (Å²) in [5.41, 5.74) is 3.30. The molecule has 0 heterocycles. The van der Waals surface area contributed by atoms with Crippen LogP contribution in [0, 0.1) is 6.92 Å². The molecule has 0 saturated heterocycles. The predicted molar refractivity (Wildman–Crippen MR) is 115 cm³/mol. The number of halogens is 1. The van der Waals surface area contributed by atoms with Gasteiger partial charge < -0.3 is 15.0 Å². The molecule has 2 rings (SSSR count). The van der Waals surface area contributed by atoms with Gasteiger partial charge in [-0.3, -0.25) is 4.79 Å². The van der Waals surface area contributed by atoms with Gasteiger partial charge in [0, 0.05) is 6.08 Å². The number of aryl methyl sites for hydroxylation is 1. The van der Waals surface area contributed by atoms with E-state index in [9.17, 15) is 4.79 Å². The van der Waals surface area contributed by atoms with Crippen molar-refractivity contribution in [3.8, 4) is 5.75 Å². The van der Waals surface area contributed by atoms with Gasteiger partial charge in [-0.2, -0.15) is 0 Å². The van der Waals surface area contributed by atoms with Crippen LogP contribution in [0.2, 0.25) is 0 Å². The van der Waals surface area contributed by atoms with Gasteiger partial charge in [0.25, 0.3) is 0 Å². The van der Waals surface area contributed by atoms with Crippen LogP contribution in [0.1, 0.15) is 29.2 Å². The first kappa shape index (κ1) is 22.7. The number of carbonyl (C=O) groups is 1. The summed E-state index contributed by atoms with van der Waals surface area (Å²) in [4.78, 5) is 14.5. The van der Waals surface area contributed by atoms with Crippen LogP contribution in [0.3, 0.4) is 0 Å². The summed E-state index contributed by atoms with van der Waals surface area (Å²) >= 11 is 0. The lowest BCUT2D eigenvalue weighted by Gasteiger charge is -2.21. The molecule has 0 aliphatic carbocycles. The van der Waals surface area contributed by atoms with Gasteiger partial charge in [-0.1, -0.05) is 42.0 Å². The Morgan fingerprint density at radius 2 is 1.74 bits per heavy atom. The van der Waals surface area contributed by atoms with Crippen LogP contribution >= 0.6 is 12.4 Å². The molecule has 1 unspecified atom stereocenters. The van der Waals surface area contributed by atoms with Crippen molar-refractivity contribution in [1.82, 2.24) is 10.2 Å². The standard InChI is InChI=1S/C22H28N2O2.ClH/c1-17-5-10-19(11-6-17)21(15-16-24(2)3)23-22(25)14-9-18-7-12-20(26-4)13-8-18;/h5-14,21H,15-16H2,1-4H3,(H,23,25);1H. The minimum Gasteiger partial charge on any atom is -0.497 e. The van der Waals surface area contributed by atoms with Crippen molar-refractivity contribution in [2.45, 2.75) is 19.4 Å². The smallest absolute Gasteiger partial charge is 0.244 e. The highest BCUT2D eigenvalue weighted by Gasteiger charge is 2.13. The number of rotatable bonds is 8. The largest absolute Gasteiger partial charge is 0.497 e. The van der Waals surface area contributed by atoms with Crippen LogP contribution in [0.15, 0.2) is 54.6 Å². The molecule has 0 fully saturated rings. The highest BCUT2D eigenvalue weighted by Crippen LogP contribution is 2.18. The minimum atomic E-state index is -0.0925. The van der Waals surface area contributed by atoms with E-state index in [1.54, 1.807) is 13.2 Å². The van der Waals surface area contributed by atoms with Gasteiger partial charge in [-0.25, -0.2) is 0 Å². The van der Waals surface area contributed by atoms with E-state index in [0.29, 0.717) is 0 Å². The predicted octanol–water partition coefficient (Wildman–Crippen LogP) is 4.25. The summed E-state index contributed by atoms with van der Waals surface area (Å²) in [6, 6.07) is 15.9. The van der Waals surface area contributed by atoms with Gasteiger partial charge in [0.1, 0.15) is 5.75 Å². The van der Waals surface area contributed by atoms with Gasteiger partial charge in [0.15, 0.2) is 0 Å². The molecular weight excluding hydrogens is 360 g/mol. The molecule has 146 valence electrons. The van der Waals surface area contributed by atoms with Gasteiger partial charge in [-0.05, 0) is 63.3 Å². The topological polar surface area (TPSA) is 41.6 Å². The summed E-state index contributed by atoms with van der Waals surface area (Å²) in [7, 11) is 5.71. The molecule has 2 aromatic carbocycles. The fourth-order valence-corrected chi connectivity index (χ4v) is 2.61. The van der Waals surface area contributed by atoms with Crippen molar-refractivity contribution >= 4 is 24.4 Å². The summed E-state index contributed by atoms with van der Waals surface area (Å²) in [6.07, 6.45) is 4.25. The van der Waals surface area contributed by atoms with Crippen LogP contribution in [0.4, 0.5) is 0 Å². The van der Waals surface area contributed by atoms with E-state index in [0.717, 1.165) is 29.8 Å². The monoisotopic (exact) mass is 388 g/mol. The zero-order valence-corrected chi connectivity index (χ0v) is 17.3. The van der Waals surface area contributed by atoms with E-state index in [4.69, 9.17) is 4.74 Å². The fraction of sp³-hybridized carbons (Fsp3) is 0.318. The maximum Gasteiger partial charge on any atom is 0.244 e. The number of methoxy groups -OCH3 is 1.